The highest BCUT2D eigenvalue weighted by Gasteiger charge is 2.24. The number of hydrogen-bond donors (Lipinski definition) is 0. The van der Waals surface area contributed by atoms with E-state index in [1.165, 1.54) is 11.6 Å². The Morgan fingerprint density at radius 3 is 2.63 bits per heavy atom. The van der Waals surface area contributed by atoms with E-state index in [2.05, 4.69) is 9.88 Å². The molecular weight excluding hydrogens is 389 g/mol. The lowest BCUT2D eigenvalue weighted by Crippen LogP contribution is -2.39. The second-order valence-electron chi connectivity index (χ2n) is 6.82. The van der Waals surface area contributed by atoms with E-state index >= 15 is 0 Å². The predicted molar refractivity (Wildman–Crippen MR) is 106 cm³/mol. The Kier molecular flexibility index (Phi) is 4.61. The number of fused-ring (bicyclic) bond motifs is 3. The zero-order valence-corrected chi connectivity index (χ0v) is 16.6. The van der Waals surface area contributed by atoms with Crippen molar-refractivity contribution in [3.05, 3.63) is 60.5 Å². The summed E-state index contributed by atoms with van der Waals surface area (Å²) in [5, 5.41) is 1.30. The molecule has 1 aliphatic heterocycles. The van der Waals surface area contributed by atoms with Crippen LogP contribution < -0.4 is 11.2 Å². The maximum absolute atomic E-state index is 12.5. The fourth-order valence-electron chi connectivity index (χ4n) is 3.57. The van der Waals surface area contributed by atoms with Gasteiger partial charge in [0.05, 0.1) is 6.54 Å². The van der Waals surface area contributed by atoms with Gasteiger partial charge >= 0.3 is 5.69 Å². The molecule has 0 aliphatic carbocycles. The van der Waals surface area contributed by atoms with E-state index in [0.29, 0.717) is 34.3 Å². The van der Waals surface area contributed by atoms with Crippen LogP contribution in [0.4, 0.5) is 0 Å². The van der Waals surface area contributed by atoms with Gasteiger partial charge in [-0.3, -0.25) is 18.8 Å². The van der Waals surface area contributed by atoms with E-state index in [1.54, 1.807) is 13.1 Å². The summed E-state index contributed by atoms with van der Waals surface area (Å²) in [6.07, 6.45) is 0.802. The summed E-state index contributed by atoms with van der Waals surface area (Å²) < 4.78 is 4.49. The number of nitrogens with zero attached hydrogens (tertiary/aromatic N) is 5. The molecule has 9 heteroatoms. The van der Waals surface area contributed by atoms with E-state index in [-0.39, 0.29) is 11.2 Å². The summed E-state index contributed by atoms with van der Waals surface area (Å²) in [6, 6.07) is 5.54. The minimum atomic E-state index is -0.364. The molecule has 0 amide bonds. The monoisotopic (exact) mass is 407 g/mol. The molecule has 1 aliphatic rings. The zero-order chi connectivity index (χ0) is 19.3. The van der Waals surface area contributed by atoms with E-state index in [9.17, 15) is 9.59 Å². The highest BCUT2D eigenvalue weighted by atomic mass is 35.5. The molecule has 142 valence electrons. The molecule has 0 saturated carbocycles. The lowest BCUT2D eigenvalue weighted by atomic mass is 10.1. The standard InChI is InChI=1S/C18H19Cl2N5O2/c1-22-16-15(17(26)23(2)18(22)27)25-8-7-24(10-14(25)21-16)6-5-11-3-4-12(19)9-13(11)20/h3-4,9H,5-8,10H2,1-2H3. The SMILES string of the molecule is Cn1c(=O)c2c(nc3n2CCN(CCc2ccc(Cl)cc2Cl)C3)n(C)c1=O. The molecule has 3 heterocycles. The Labute approximate surface area is 165 Å². The van der Waals surface area contributed by atoms with Gasteiger partial charge in [-0.1, -0.05) is 29.3 Å². The van der Waals surface area contributed by atoms with Crippen molar-refractivity contribution < 1.29 is 0 Å². The summed E-state index contributed by atoms with van der Waals surface area (Å²) >= 11 is 12.2. The molecule has 0 unspecified atom stereocenters. The average Bonchev–Trinajstić information content (AvgIpc) is 3.03. The average molecular weight is 408 g/mol. The number of benzene rings is 1. The fraction of sp³-hybridized carbons (Fsp3) is 0.389. The Hall–Kier alpha value is -2.09. The van der Waals surface area contributed by atoms with Crippen LogP contribution in [0.25, 0.3) is 11.2 Å². The van der Waals surface area contributed by atoms with Crippen molar-refractivity contribution in [2.24, 2.45) is 14.1 Å². The van der Waals surface area contributed by atoms with Gasteiger partial charge in [0.15, 0.2) is 11.2 Å². The van der Waals surface area contributed by atoms with Crippen LogP contribution in [-0.2, 0) is 33.6 Å². The smallest absolute Gasteiger partial charge is 0.320 e. The Morgan fingerprint density at radius 2 is 1.89 bits per heavy atom. The van der Waals surface area contributed by atoms with Crippen LogP contribution in [-0.4, -0.2) is 36.7 Å². The first kappa shape index (κ1) is 18.3. The molecule has 7 nitrogen and oxygen atoms in total. The van der Waals surface area contributed by atoms with Gasteiger partial charge in [0, 0.05) is 43.8 Å². The number of aromatic nitrogens is 4. The molecular formula is C18H19Cl2N5O2. The second kappa shape index (κ2) is 6.82. The lowest BCUT2D eigenvalue weighted by molar-refractivity contribution is 0.221. The number of aryl methyl sites for hydroxylation is 1. The van der Waals surface area contributed by atoms with E-state index in [0.717, 1.165) is 35.5 Å². The molecule has 2 aromatic heterocycles. The van der Waals surface area contributed by atoms with Crippen molar-refractivity contribution in [2.45, 2.75) is 19.5 Å². The van der Waals surface area contributed by atoms with Crippen molar-refractivity contribution >= 4 is 34.4 Å². The molecule has 1 aromatic carbocycles. The van der Waals surface area contributed by atoms with Crippen molar-refractivity contribution in [1.29, 1.82) is 0 Å². The van der Waals surface area contributed by atoms with E-state index in [1.807, 2.05) is 16.7 Å². The Bertz CT molecular complexity index is 1160. The third-order valence-corrected chi connectivity index (χ3v) is 5.73. The van der Waals surface area contributed by atoms with Gasteiger partial charge in [0.25, 0.3) is 5.56 Å². The van der Waals surface area contributed by atoms with Crippen LogP contribution in [0.1, 0.15) is 11.4 Å². The summed E-state index contributed by atoms with van der Waals surface area (Å²) in [5.41, 5.74) is 1.33. The van der Waals surface area contributed by atoms with Crippen LogP contribution in [0.15, 0.2) is 27.8 Å². The largest absolute Gasteiger partial charge is 0.332 e. The highest BCUT2D eigenvalue weighted by molar-refractivity contribution is 6.35. The zero-order valence-electron chi connectivity index (χ0n) is 15.1. The predicted octanol–water partition coefficient (Wildman–Crippen LogP) is 1.80. The summed E-state index contributed by atoms with van der Waals surface area (Å²) in [4.78, 5) is 31.5. The van der Waals surface area contributed by atoms with Crippen LogP contribution in [0.2, 0.25) is 10.0 Å². The first-order valence-electron chi connectivity index (χ1n) is 8.68. The molecule has 0 saturated heterocycles. The van der Waals surface area contributed by atoms with Gasteiger partial charge in [-0.25, -0.2) is 9.78 Å². The Morgan fingerprint density at radius 1 is 1.11 bits per heavy atom. The van der Waals surface area contributed by atoms with Crippen molar-refractivity contribution in [1.82, 2.24) is 23.6 Å². The van der Waals surface area contributed by atoms with Crippen molar-refractivity contribution in [3.8, 4) is 0 Å². The number of imidazole rings is 1. The molecule has 0 fully saturated rings. The highest BCUT2D eigenvalue weighted by Crippen LogP contribution is 2.23. The fourth-order valence-corrected chi connectivity index (χ4v) is 4.07. The van der Waals surface area contributed by atoms with E-state index in [4.69, 9.17) is 23.2 Å². The quantitative estimate of drug-likeness (QED) is 0.663. The lowest BCUT2D eigenvalue weighted by Gasteiger charge is -2.27. The normalized spacial score (nSPS) is 14.7. The maximum atomic E-state index is 12.5. The molecule has 3 aromatic rings. The molecule has 0 spiro atoms. The van der Waals surface area contributed by atoms with Gasteiger partial charge in [-0.05, 0) is 24.1 Å². The molecule has 0 N–H and O–H groups in total. The van der Waals surface area contributed by atoms with Gasteiger partial charge in [0.1, 0.15) is 5.82 Å². The molecule has 27 heavy (non-hydrogen) atoms. The van der Waals surface area contributed by atoms with Crippen LogP contribution in [0.5, 0.6) is 0 Å². The molecule has 0 radical (unpaired) electrons. The van der Waals surface area contributed by atoms with Crippen LogP contribution >= 0.6 is 23.2 Å². The first-order chi connectivity index (χ1) is 12.9. The van der Waals surface area contributed by atoms with Crippen LogP contribution in [0, 0.1) is 0 Å². The maximum Gasteiger partial charge on any atom is 0.332 e. The Balaban J connectivity index is 1.60. The third kappa shape index (κ3) is 3.09. The number of halogens is 2. The summed E-state index contributed by atoms with van der Waals surface area (Å²) in [5.74, 6) is 0.803. The second-order valence-corrected chi connectivity index (χ2v) is 7.66. The molecule has 0 bridgehead atoms. The third-order valence-electron chi connectivity index (χ3n) is 5.14. The molecule has 0 atom stereocenters. The van der Waals surface area contributed by atoms with Gasteiger partial charge in [0.2, 0.25) is 0 Å². The van der Waals surface area contributed by atoms with Gasteiger partial charge < -0.3 is 4.57 Å². The minimum Gasteiger partial charge on any atom is -0.320 e. The molecule has 4 rings (SSSR count). The minimum absolute atomic E-state index is 0.298. The number of rotatable bonds is 3. The number of hydrogen-bond acceptors (Lipinski definition) is 4. The topological polar surface area (TPSA) is 65.1 Å². The van der Waals surface area contributed by atoms with Gasteiger partial charge in [-0.2, -0.15) is 0 Å². The van der Waals surface area contributed by atoms with Gasteiger partial charge in [-0.15, -0.1) is 0 Å². The van der Waals surface area contributed by atoms with Crippen molar-refractivity contribution in [2.75, 3.05) is 13.1 Å². The summed E-state index contributed by atoms with van der Waals surface area (Å²) in [7, 11) is 3.14. The first-order valence-corrected chi connectivity index (χ1v) is 9.44. The van der Waals surface area contributed by atoms with Crippen molar-refractivity contribution in [3.63, 3.8) is 0 Å². The summed E-state index contributed by atoms with van der Waals surface area (Å²) in [6.45, 7) is 2.90. The van der Waals surface area contributed by atoms with E-state index < -0.39 is 0 Å². The van der Waals surface area contributed by atoms with Crippen LogP contribution in [0.3, 0.4) is 0 Å².